The molecule has 22 heavy (non-hydrogen) atoms. The molecule has 1 saturated heterocycles. The van der Waals surface area contributed by atoms with Crippen LogP contribution in [-0.2, 0) is 16.4 Å². The van der Waals surface area contributed by atoms with Crippen LogP contribution < -0.4 is 5.32 Å². The van der Waals surface area contributed by atoms with E-state index in [1.54, 1.807) is 23.1 Å². The molecule has 122 valence electrons. The maximum atomic E-state index is 13.4. The van der Waals surface area contributed by atoms with Crippen molar-refractivity contribution in [1.82, 2.24) is 14.5 Å². The average Bonchev–Trinajstić information content (AvgIpc) is 2.48. The van der Waals surface area contributed by atoms with Crippen LogP contribution in [0.3, 0.4) is 0 Å². The largest absolute Gasteiger partial charge is 0.338 e. The van der Waals surface area contributed by atoms with Gasteiger partial charge in [0, 0.05) is 32.7 Å². The van der Waals surface area contributed by atoms with Crippen LogP contribution >= 0.6 is 0 Å². The molecule has 1 aliphatic heterocycles. The highest BCUT2D eigenvalue weighted by Crippen LogP contribution is 2.08. The molecular formula is C14H20FN3O3S. The van der Waals surface area contributed by atoms with Crippen molar-refractivity contribution >= 4 is 16.1 Å². The Bertz CT molecular complexity index is 628. The molecule has 1 aromatic carbocycles. The van der Waals surface area contributed by atoms with Crippen LogP contribution in [0.4, 0.5) is 9.18 Å². The van der Waals surface area contributed by atoms with E-state index in [2.05, 4.69) is 5.32 Å². The van der Waals surface area contributed by atoms with Gasteiger partial charge in [0.15, 0.2) is 0 Å². The number of hydrogen-bond acceptors (Lipinski definition) is 3. The van der Waals surface area contributed by atoms with E-state index in [1.165, 1.54) is 10.4 Å². The first kappa shape index (κ1) is 16.7. The molecule has 1 N–H and O–H groups in total. The second-order valence-electron chi connectivity index (χ2n) is 5.22. The van der Waals surface area contributed by atoms with Crippen molar-refractivity contribution in [2.75, 3.05) is 39.0 Å². The molecule has 0 saturated carbocycles. The summed E-state index contributed by atoms with van der Waals surface area (Å²) in [6, 6.07) is 6.21. The molecule has 1 heterocycles. The van der Waals surface area contributed by atoms with Crippen molar-refractivity contribution in [3.63, 3.8) is 0 Å². The van der Waals surface area contributed by atoms with Gasteiger partial charge in [-0.1, -0.05) is 18.2 Å². The van der Waals surface area contributed by atoms with Gasteiger partial charge in [-0.2, -0.15) is 4.31 Å². The summed E-state index contributed by atoms with van der Waals surface area (Å²) in [4.78, 5) is 13.6. The van der Waals surface area contributed by atoms with Crippen LogP contribution in [0.2, 0.25) is 0 Å². The van der Waals surface area contributed by atoms with E-state index in [9.17, 15) is 17.6 Å². The van der Waals surface area contributed by atoms with E-state index in [0.29, 0.717) is 44.7 Å². The fourth-order valence-electron chi connectivity index (χ4n) is 2.34. The molecular weight excluding hydrogens is 309 g/mol. The maximum absolute atomic E-state index is 13.4. The predicted molar refractivity (Wildman–Crippen MR) is 81.5 cm³/mol. The third-order valence-electron chi connectivity index (χ3n) is 3.62. The van der Waals surface area contributed by atoms with Gasteiger partial charge in [0.25, 0.3) is 0 Å². The van der Waals surface area contributed by atoms with Crippen LogP contribution in [0.1, 0.15) is 5.56 Å². The van der Waals surface area contributed by atoms with Gasteiger partial charge in [-0.15, -0.1) is 0 Å². The zero-order valence-corrected chi connectivity index (χ0v) is 13.3. The predicted octanol–water partition coefficient (Wildman–Crippen LogP) is 0.655. The van der Waals surface area contributed by atoms with Gasteiger partial charge in [-0.05, 0) is 18.1 Å². The Morgan fingerprint density at radius 1 is 1.23 bits per heavy atom. The normalized spacial score (nSPS) is 16.5. The van der Waals surface area contributed by atoms with E-state index < -0.39 is 10.0 Å². The van der Waals surface area contributed by atoms with E-state index >= 15 is 0 Å². The lowest BCUT2D eigenvalue weighted by Gasteiger charge is -2.33. The Morgan fingerprint density at radius 3 is 2.45 bits per heavy atom. The zero-order chi connectivity index (χ0) is 16.2. The van der Waals surface area contributed by atoms with Crippen molar-refractivity contribution in [1.29, 1.82) is 0 Å². The molecule has 1 aliphatic rings. The van der Waals surface area contributed by atoms with Gasteiger partial charge in [0.2, 0.25) is 10.0 Å². The summed E-state index contributed by atoms with van der Waals surface area (Å²) in [5.74, 6) is -0.279. The van der Waals surface area contributed by atoms with Crippen LogP contribution in [0, 0.1) is 5.82 Å². The number of carbonyl (C=O) groups excluding carboxylic acids is 1. The molecule has 0 radical (unpaired) electrons. The number of urea groups is 1. The molecule has 0 spiro atoms. The molecule has 0 aromatic heterocycles. The number of nitrogens with zero attached hydrogens (tertiary/aromatic N) is 2. The topological polar surface area (TPSA) is 69.7 Å². The molecule has 6 nitrogen and oxygen atoms in total. The number of carbonyl (C=O) groups is 1. The van der Waals surface area contributed by atoms with Crippen LogP contribution in [-0.4, -0.2) is 62.6 Å². The lowest BCUT2D eigenvalue weighted by molar-refractivity contribution is 0.172. The minimum absolute atomic E-state index is 0.246. The van der Waals surface area contributed by atoms with Crippen molar-refractivity contribution in [3.05, 3.63) is 35.6 Å². The molecule has 0 aliphatic carbocycles. The van der Waals surface area contributed by atoms with Gasteiger partial charge >= 0.3 is 6.03 Å². The maximum Gasteiger partial charge on any atom is 0.317 e. The smallest absolute Gasteiger partial charge is 0.317 e. The number of rotatable bonds is 4. The minimum atomic E-state index is -3.20. The standard InChI is InChI=1S/C14H20FN3O3S/c1-22(20,21)18-10-8-17(9-11-18)14(19)16-7-6-12-4-2-3-5-13(12)15/h2-5H,6-11H2,1H3,(H,16,19). The number of halogens is 1. The van der Waals surface area contributed by atoms with E-state index in [1.807, 2.05) is 0 Å². The first-order valence-corrected chi connectivity index (χ1v) is 8.94. The zero-order valence-electron chi connectivity index (χ0n) is 12.5. The Hall–Kier alpha value is -1.67. The third-order valence-corrected chi connectivity index (χ3v) is 4.93. The van der Waals surface area contributed by atoms with Crippen molar-refractivity contribution in [2.24, 2.45) is 0 Å². The summed E-state index contributed by atoms with van der Waals surface area (Å²) in [5.41, 5.74) is 0.560. The molecule has 2 amide bonds. The summed E-state index contributed by atoms with van der Waals surface area (Å²) >= 11 is 0. The summed E-state index contributed by atoms with van der Waals surface area (Å²) in [7, 11) is -3.20. The first-order valence-electron chi connectivity index (χ1n) is 7.09. The second kappa shape index (κ2) is 7.06. The minimum Gasteiger partial charge on any atom is -0.338 e. The van der Waals surface area contributed by atoms with E-state index in [0.717, 1.165) is 6.26 Å². The monoisotopic (exact) mass is 329 g/mol. The quantitative estimate of drug-likeness (QED) is 0.882. The molecule has 1 fully saturated rings. The second-order valence-corrected chi connectivity index (χ2v) is 7.20. The summed E-state index contributed by atoms with van der Waals surface area (Å²) < 4.78 is 37.6. The van der Waals surface area contributed by atoms with Gasteiger partial charge < -0.3 is 10.2 Å². The van der Waals surface area contributed by atoms with Gasteiger partial charge in [0.05, 0.1) is 6.26 Å². The highest BCUT2D eigenvalue weighted by atomic mass is 32.2. The van der Waals surface area contributed by atoms with Crippen molar-refractivity contribution < 1.29 is 17.6 Å². The summed E-state index contributed by atoms with van der Waals surface area (Å²) in [6.45, 7) is 1.67. The Kier molecular flexibility index (Phi) is 5.36. The van der Waals surface area contributed by atoms with Crippen LogP contribution in [0.15, 0.2) is 24.3 Å². The first-order chi connectivity index (χ1) is 10.4. The lowest BCUT2D eigenvalue weighted by Crippen LogP contribution is -2.53. The van der Waals surface area contributed by atoms with Gasteiger partial charge in [0.1, 0.15) is 5.82 Å². The lowest BCUT2D eigenvalue weighted by atomic mass is 10.1. The molecule has 2 rings (SSSR count). The number of piperazine rings is 1. The Morgan fingerprint density at radius 2 is 1.86 bits per heavy atom. The van der Waals surface area contributed by atoms with Crippen LogP contribution in [0.25, 0.3) is 0 Å². The number of nitrogens with one attached hydrogen (secondary N) is 1. The van der Waals surface area contributed by atoms with Gasteiger partial charge in [-0.25, -0.2) is 17.6 Å². The molecule has 0 atom stereocenters. The van der Waals surface area contributed by atoms with Crippen LogP contribution in [0.5, 0.6) is 0 Å². The average molecular weight is 329 g/mol. The third kappa shape index (κ3) is 4.41. The van der Waals surface area contributed by atoms with E-state index in [-0.39, 0.29) is 11.8 Å². The molecule has 1 aromatic rings. The van der Waals surface area contributed by atoms with E-state index in [4.69, 9.17) is 0 Å². The highest BCUT2D eigenvalue weighted by molar-refractivity contribution is 7.88. The molecule has 0 unspecified atom stereocenters. The number of sulfonamides is 1. The fourth-order valence-corrected chi connectivity index (χ4v) is 3.17. The number of amides is 2. The summed E-state index contributed by atoms with van der Waals surface area (Å²) in [6.07, 6.45) is 1.58. The van der Waals surface area contributed by atoms with Crippen molar-refractivity contribution in [3.8, 4) is 0 Å². The van der Waals surface area contributed by atoms with Crippen molar-refractivity contribution in [2.45, 2.75) is 6.42 Å². The molecule has 8 heteroatoms. The number of hydrogen-bond donors (Lipinski definition) is 1. The number of benzene rings is 1. The summed E-state index contributed by atoms with van der Waals surface area (Å²) in [5, 5.41) is 2.73. The molecule has 0 bridgehead atoms. The SMILES string of the molecule is CS(=O)(=O)N1CCN(C(=O)NCCc2ccccc2F)CC1. The van der Waals surface area contributed by atoms with Gasteiger partial charge in [-0.3, -0.25) is 0 Å². The fraction of sp³-hybridized carbons (Fsp3) is 0.500. The highest BCUT2D eigenvalue weighted by Gasteiger charge is 2.25. The Labute approximate surface area is 130 Å². The Balaban J connectivity index is 1.76.